The summed E-state index contributed by atoms with van der Waals surface area (Å²) >= 11 is 1.59. The average Bonchev–Trinajstić information content (AvgIpc) is 3.09. The second kappa shape index (κ2) is 8.87. The third kappa shape index (κ3) is 4.62. The maximum absolute atomic E-state index is 12.7. The lowest BCUT2D eigenvalue weighted by Crippen LogP contribution is -2.51. The van der Waals surface area contributed by atoms with Crippen LogP contribution in [0.5, 0.6) is 0 Å². The minimum atomic E-state index is -0.117. The first-order valence-corrected chi connectivity index (χ1v) is 10.5. The van der Waals surface area contributed by atoms with Crippen LogP contribution in [0.15, 0.2) is 18.2 Å². The molecule has 0 aromatic carbocycles. The van der Waals surface area contributed by atoms with E-state index in [1.54, 1.807) is 27.2 Å². The third-order valence-electron chi connectivity index (χ3n) is 5.05. The highest BCUT2D eigenvalue weighted by atomic mass is 32.1. The maximum Gasteiger partial charge on any atom is 0.247 e. The summed E-state index contributed by atoms with van der Waals surface area (Å²) in [5, 5.41) is 0.927. The molecule has 0 atom stereocenters. The summed E-state index contributed by atoms with van der Waals surface area (Å²) in [6, 6.07) is 2.08. The zero-order valence-corrected chi connectivity index (χ0v) is 17.6. The number of carbonyl (C=O) groups is 3. The minimum Gasteiger partial charge on any atom is -0.337 e. The van der Waals surface area contributed by atoms with E-state index >= 15 is 0 Å². The number of amides is 3. The molecular weight excluding hydrogens is 376 g/mol. The molecule has 3 amide bonds. The van der Waals surface area contributed by atoms with Crippen LogP contribution in [0.1, 0.15) is 23.8 Å². The first kappa shape index (κ1) is 20.5. The highest BCUT2D eigenvalue weighted by molar-refractivity contribution is 7.16. The van der Waals surface area contributed by atoms with Crippen LogP contribution in [0.4, 0.5) is 5.00 Å². The molecule has 0 unspecified atom stereocenters. The molecule has 3 rings (SSSR count). The van der Waals surface area contributed by atoms with E-state index in [0.717, 1.165) is 18.0 Å². The van der Waals surface area contributed by atoms with Crippen LogP contribution in [0, 0.1) is 0 Å². The molecule has 7 nitrogen and oxygen atoms in total. The number of anilines is 1. The zero-order chi connectivity index (χ0) is 20.3. The number of hydrogen-bond donors (Lipinski definition) is 0. The van der Waals surface area contributed by atoms with Crippen LogP contribution in [0.3, 0.4) is 0 Å². The Bertz CT molecular complexity index is 786. The highest BCUT2D eigenvalue weighted by Crippen LogP contribution is 2.35. The molecule has 1 aromatic rings. The van der Waals surface area contributed by atoms with Crippen molar-refractivity contribution in [1.29, 1.82) is 0 Å². The molecule has 1 aromatic heterocycles. The lowest BCUT2D eigenvalue weighted by Gasteiger charge is -2.33. The van der Waals surface area contributed by atoms with Crippen molar-refractivity contribution in [2.24, 2.45) is 0 Å². The fourth-order valence-corrected chi connectivity index (χ4v) is 4.71. The zero-order valence-electron chi connectivity index (χ0n) is 16.8. The van der Waals surface area contributed by atoms with E-state index in [9.17, 15) is 14.4 Å². The first-order valence-electron chi connectivity index (χ1n) is 9.69. The van der Waals surface area contributed by atoms with Gasteiger partial charge in [0.2, 0.25) is 17.7 Å². The highest BCUT2D eigenvalue weighted by Gasteiger charge is 2.30. The summed E-state index contributed by atoms with van der Waals surface area (Å²) in [6.07, 6.45) is 4.72. The molecule has 0 saturated carbocycles. The van der Waals surface area contributed by atoms with Gasteiger partial charge in [-0.15, -0.1) is 11.3 Å². The Morgan fingerprint density at radius 2 is 1.96 bits per heavy atom. The van der Waals surface area contributed by atoms with Gasteiger partial charge in [-0.25, -0.2) is 0 Å². The molecule has 0 radical (unpaired) electrons. The van der Waals surface area contributed by atoms with Gasteiger partial charge < -0.3 is 19.6 Å². The lowest BCUT2D eigenvalue weighted by atomic mass is 10.1. The van der Waals surface area contributed by atoms with Gasteiger partial charge in [-0.05, 0) is 32.1 Å². The minimum absolute atomic E-state index is 0.0549. The lowest BCUT2D eigenvalue weighted by molar-refractivity contribution is -0.133. The fraction of sp³-hybridized carbons (Fsp3) is 0.550. The van der Waals surface area contributed by atoms with Crippen molar-refractivity contribution >= 4 is 34.1 Å². The van der Waals surface area contributed by atoms with Gasteiger partial charge >= 0.3 is 0 Å². The van der Waals surface area contributed by atoms with Gasteiger partial charge in [-0.1, -0.05) is 13.0 Å². The SMILES string of the molecule is CCC(=O)N1CCc2cc(N3CCN(C(=O)/C=C/CN(C)C)CC3=O)sc2C1. The van der Waals surface area contributed by atoms with Crippen molar-refractivity contribution in [2.45, 2.75) is 26.3 Å². The maximum atomic E-state index is 12.7. The predicted molar refractivity (Wildman–Crippen MR) is 110 cm³/mol. The topological polar surface area (TPSA) is 64.2 Å². The summed E-state index contributed by atoms with van der Waals surface area (Å²) in [5.41, 5.74) is 1.23. The Balaban J connectivity index is 1.62. The molecule has 1 fully saturated rings. The number of piperazine rings is 1. The quantitative estimate of drug-likeness (QED) is 0.695. The second-order valence-corrected chi connectivity index (χ2v) is 8.54. The summed E-state index contributed by atoms with van der Waals surface area (Å²) < 4.78 is 0. The van der Waals surface area contributed by atoms with Crippen LogP contribution in [-0.4, -0.2) is 79.2 Å². The van der Waals surface area contributed by atoms with Crippen LogP contribution in [0.25, 0.3) is 0 Å². The number of thiophene rings is 1. The van der Waals surface area contributed by atoms with Gasteiger partial charge in [0.15, 0.2) is 0 Å². The molecule has 2 aliphatic rings. The molecule has 0 bridgehead atoms. The van der Waals surface area contributed by atoms with Crippen molar-refractivity contribution in [3.05, 3.63) is 28.7 Å². The van der Waals surface area contributed by atoms with Gasteiger partial charge in [0.1, 0.15) is 6.54 Å². The van der Waals surface area contributed by atoms with E-state index < -0.39 is 0 Å². The Morgan fingerprint density at radius 1 is 1.18 bits per heavy atom. The molecular formula is C20H28N4O3S. The first-order chi connectivity index (χ1) is 13.4. The Labute approximate surface area is 170 Å². The number of carbonyl (C=O) groups excluding carboxylic acids is 3. The van der Waals surface area contributed by atoms with Gasteiger partial charge in [0.05, 0.1) is 11.5 Å². The van der Waals surface area contributed by atoms with Crippen molar-refractivity contribution in [2.75, 3.05) is 51.7 Å². The Hall–Kier alpha value is -2.19. The van der Waals surface area contributed by atoms with Gasteiger partial charge in [-0.3, -0.25) is 14.4 Å². The second-order valence-electron chi connectivity index (χ2n) is 7.42. The van der Waals surface area contributed by atoms with Gasteiger partial charge in [-0.2, -0.15) is 0 Å². The smallest absolute Gasteiger partial charge is 0.247 e. The number of fused-ring (bicyclic) bond motifs is 1. The summed E-state index contributed by atoms with van der Waals surface area (Å²) in [7, 11) is 3.88. The standard InChI is InChI=1S/C20H28N4O3S/c1-4-17(25)22-9-7-15-12-20(28-16(15)13-22)24-11-10-23(14-19(24)27)18(26)6-5-8-21(2)3/h5-6,12H,4,7-11,13-14H2,1-3H3/b6-5+. The number of hydrogen-bond acceptors (Lipinski definition) is 5. The molecule has 3 heterocycles. The normalized spacial score (nSPS) is 17.6. The Kier molecular flexibility index (Phi) is 6.51. The average molecular weight is 405 g/mol. The molecule has 8 heteroatoms. The van der Waals surface area contributed by atoms with Crippen LogP contribution in [-0.2, 0) is 27.3 Å². The molecule has 152 valence electrons. The summed E-state index contributed by atoms with van der Waals surface area (Å²) in [5.74, 6) is 0.000802. The Morgan fingerprint density at radius 3 is 2.64 bits per heavy atom. The van der Waals surface area contributed by atoms with E-state index in [0.29, 0.717) is 32.6 Å². The monoisotopic (exact) mass is 404 g/mol. The summed E-state index contributed by atoms with van der Waals surface area (Å²) in [6.45, 7) is 5.09. The van der Waals surface area contributed by atoms with Crippen molar-refractivity contribution < 1.29 is 14.4 Å². The van der Waals surface area contributed by atoms with Crippen LogP contribution >= 0.6 is 11.3 Å². The molecule has 2 aliphatic heterocycles. The molecule has 1 saturated heterocycles. The van der Waals surface area contributed by atoms with Crippen LogP contribution in [0.2, 0.25) is 0 Å². The van der Waals surface area contributed by atoms with Crippen molar-refractivity contribution in [3.63, 3.8) is 0 Å². The van der Waals surface area contributed by atoms with E-state index in [2.05, 4.69) is 6.07 Å². The van der Waals surface area contributed by atoms with E-state index in [4.69, 9.17) is 0 Å². The summed E-state index contributed by atoms with van der Waals surface area (Å²) in [4.78, 5) is 45.3. The molecule has 0 N–H and O–H groups in total. The number of likely N-dealkylation sites (N-methyl/N-ethyl adjacent to an activating group) is 1. The molecule has 0 spiro atoms. The van der Waals surface area contributed by atoms with Gasteiger partial charge in [0.25, 0.3) is 0 Å². The van der Waals surface area contributed by atoms with E-state index in [1.165, 1.54) is 10.4 Å². The van der Waals surface area contributed by atoms with Crippen molar-refractivity contribution in [1.82, 2.24) is 14.7 Å². The third-order valence-corrected chi connectivity index (χ3v) is 6.24. The van der Waals surface area contributed by atoms with Crippen molar-refractivity contribution in [3.8, 4) is 0 Å². The predicted octanol–water partition coefficient (Wildman–Crippen LogP) is 1.34. The number of nitrogens with zero attached hydrogens (tertiary/aromatic N) is 4. The molecule has 0 aliphatic carbocycles. The number of rotatable bonds is 5. The fourth-order valence-electron chi connectivity index (χ4n) is 3.44. The van der Waals surface area contributed by atoms with Crippen LogP contribution < -0.4 is 4.90 Å². The largest absolute Gasteiger partial charge is 0.337 e. The van der Waals surface area contributed by atoms with E-state index in [-0.39, 0.29) is 24.3 Å². The van der Waals surface area contributed by atoms with E-state index in [1.807, 2.05) is 36.9 Å². The molecule has 28 heavy (non-hydrogen) atoms. The van der Waals surface area contributed by atoms with Gasteiger partial charge in [0, 0.05) is 43.6 Å².